The van der Waals surface area contributed by atoms with Gasteiger partial charge in [0, 0.05) is 5.69 Å². The molecule has 180 valence electrons. The largest absolute Gasteiger partial charge is 0.467 e. The van der Waals surface area contributed by atoms with E-state index in [-0.39, 0.29) is 17.2 Å². The van der Waals surface area contributed by atoms with Gasteiger partial charge in [-0.3, -0.25) is 14.2 Å². The predicted octanol–water partition coefficient (Wildman–Crippen LogP) is 3.98. The first kappa shape index (κ1) is 24.1. The number of nitrogens with zero attached hydrogens (tertiary/aromatic N) is 3. The molecule has 9 nitrogen and oxygen atoms in total. The highest BCUT2D eigenvalue weighted by Gasteiger charge is 2.17. The number of thioether (sulfide) groups is 1. The number of hydrogen-bond donors (Lipinski definition) is 3. The maximum absolute atomic E-state index is 12.6. The first-order chi connectivity index (χ1) is 16.9. The number of hydrogen-bond acceptors (Lipinski definition) is 7. The smallest absolute Gasteiger partial charge is 0.250 e. The van der Waals surface area contributed by atoms with Gasteiger partial charge in [0.05, 0.1) is 36.4 Å². The van der Waals surface area contributed by atoms with Crippen LogP contribution >= 0.6 is 11.8 Å². The van der Waals surface area contributed by atoms with Crippen molar-refractivity contribution in [2.45, 2.75) is 32.1 Å². The number of furan rings is 1. The molecule has 2 aromatic carbocycles. The summed E-state index contributed by atoms with van der Waals surface area (Å²) >= 11 is 1.25. The quantitative estimate of drug-likeness (QED) is 0.287. The van der Waals surface area contributed by atoms with Crippen molar-refractivity contribution in [1.82, 2.24) is 14.8 Å². The van der Waals surface area contributed by atoms with Crippen molar-refractivity contribution in [3.05, 3.63) is 89.1 Å². The molecule has 2 aromatic heterocycles. The first-order valence-corrected chi connectivity index (χ1v) is 12.0. The number of nitrogens with two attached hydrogens (primary N) is 1. The van der Waals surface area contributed by atoms with Crippen molar-refractivity contribution >= 4 is 35.0 Å². The molecule has 4 aromatic rings. The molecule has 0 aliphatic carbocycles. The van der Waals surface area contributed by atoms with Gasteiger partial charge in [0.2, 0.25) is 5.91 Å². The van der Waals surface area contributed by atoms with Crippen LogP contribution in [0.2, 0.25) is 0 Å². The SMILES string of the molecule is Cc1ccc(NCc2nnc(SCC(=O)Nc3ccccc3C(N)=O)n2Cc2ccco2)c(C)c1. The molecule has 0 atom stereocenters. The van der Waals surface area contributed by atoms with Crippen molar-refractivity contribution in [3.63, 3.8) is 0 Å². The highest BCUT2D eigenvalue weighted by atomic mass is 32.2. The fraction of sp³-hybridized carbons (Fsp3) is 0.200. The lowest BCUT2D eigenvalue weighted by Crippen LogP contribution is -2.19. The van der Waals surface area contributed by atoms with Gasteiger partial charge >= 0.3 is 0 Å². The topological polar surface area (TPSA) is 128 Å². The summed E-state index contributed by atoms with van der Waals surface area (Å²) in [5.74, 6) is 0.648. The van der Waals surface area contributed by atoms with Crippen LogP contribution in [0.1, 0.15) is 33.1 Å². The van der Waals surface area contributed by atoms with Crippen LogP contribution in [0.4, 0.5) is 11.4 Å². The zero-order chi connectivity index (χ0) is 24.8. The second kappa shape index (κ2) is 10.9. The molecule has 0 unspecified atom stereocenters. The second-order valence-corrected chi connectivity index (χ2v) is 8.93. The van der Waals surface area contributed by atoms with E-state index in [1.165, 1.54) is 17.3 Å². The van der Waals surface area contributed by atoms with Crippen molar-refractivity contribution in [1.29, 1.82) is 0 Å². The number of aromatic nitrogens is 3. The molecule has 0 spiro atoms. The average molecular weight is 491 g/mol. The third-order valence-corrected chi connectivity index (χ3v) is 6.27. The minimum atomic E-state index is -0.604. The molecule has 0 radical (unpaired) electrons. The van der Waals surface area contributed by atoms with E-state index >= 15 is 0 Å². The Balaban J connectivity index is 1.47. The molecular weight excluding hydrogens is 464 g/mol. The van der Waals surface area contributed by atoms with E-state index in [2.05, 4.69) is 46.8 Å². The van der Waals surface area contributed by atoms with Crippen molar-refractivity contribution < 1.29 is 14.0 Å². The molecule has 4 rings (SSSR count). The Hall–Kier alpha value is -4.05. The van der Waals surface area contributed by atoms with Crippen molar-refractivity contribution in [3.8, 4) is 0 Å². The number of carbonyl (C=O) groups is 2. The zero-order valence-corrected chi connectivity index (χ0v) is 20.3. The molecule has 35 heavy (non-hydrogen) atoms. The van der Waals surface area contributed by atoms with Gasteiger partial charge in [0.1, 0.15) is 5.76 Å². The summed E-state index contributed by atoms with van der Waals surface area (Å²) in [6.07, 6.45) is 1.61. The lowest BCUT2D eigenvalue weighted by molar-refractivity contribution is -0.113. The standard InChI is InChI=1S/C25H26N6O3S/c1-16-9-10-20(17(2)12-16)27-13-22-29-30-25(31(22)14-18-6-5-11-34-18)35-15-23(32)28-21-8-4-3-7-19(21)24(26)33/h3-12,27H,13-15H2,1-2H3,(H2,26,33)(H,28,32). The van der Waals surface area contributed by atoms with Crippen LogP contribution < -0.4 is 16.4 Å². The number of aryl methyl sites for hydroxylation is 2. The molecule has 0 bridgehead atoms. The molecule has 10 heteroatoms. The van der Waals surface area contributed by atoms with Gasteiger partial charge in [-0.1, -0.05) is 41.6 Å². The Labute approximate surface area is 207 Å². The molecule has 4 N–H and O–H groups in total. The Morgan fingerprint density at radius 1 is 1.06 bits per heavy atom. The predicted molar refractivity (Wildman–Crippen MR) is 135 cm³/mol. The van der Waals surface area contributed by atoms with E-state index < -0.39 is 5.91 Å². The van der Waals surface area contributed by atoms with Crippen LogP contribution in [0.25, 0.3) is 0 Å². The molecule has 0 fully saturated rings. The van der Waals surface area contributed by atoms with E-state index in [4.69, 9.17) is 10.2 Å². The summed E-state index contributed by atoms with van der Waals surface area (Å²) in [5, 5.41) is 15.4. The number of amides is 2. The fourth-order valence-corrected chi connectivity index (χ4v) is 4.34. The Morgan fingerprint density at radius 3 is 2.63 bits per heavy atom. The highest BCUT2D eigenvalue weighted by Crippen LogP contribution is 2.22. The van der Waals surface area contributed by atoms with Gasteiger partial charge in [-0.2, -0.15) is 0 Å². The summed E-state index contributed by atoms with van der Waals surface area (Å²) in [7, 11) is 0. The van der Waals surface area contributed by atoms with Crippen LogP contribution in [-0.4, -0.2) is 32.3 Å². The summed E-state index contributed by atoms with van der Waals surface area (Å²) < 4.78 is 7.44. The number of rotatable bonds is 10. The molecule has 0 aliphatic rings. The third kappa shape index (κ3) is 6.10. The Bertz CT molecular complexity index is 1330. The number of nitrogens with one attached hydrogen (secondary N) is 2. The monoisotopic (exact) mass is 490 g/mol. The minimum absolute atomic E-state index is 0.0773. The van der Waals surface area contributed by atoms with Gasteiger partial charge in [0.15, 0.2) is 11.0 Å². The maximum Gasteiger partial charge on any atom is 0.250 e. The minimum Gasteiger partial charge on any atom is -0.467 e. The van der Waals surface area contributed by atoms with Gasteiger partial charge in [-0.25, -0.2) is 0 Å². The van der Waals surface area contributed by atoms with E-state index in [1.54, 1.807) is 30.5 Å². The third-order valence-electron chi connectivity index (χ3n) is 5.31. The van der Waals surface area contributed by atoms with Crippen molar-refractivity contribution in [2.75, 3.05) is 16.4 Å². The van der Waals surface area contributed by atoms with Crippen molar-refractivity contribution in [2.24, 2.45) is 5.73 Å². The number of anilines is 2. The van der Waals surface area contributed by atoms with Crippen LogP contribution in [-0.2, 0) is 17.9 Å². The maximum atomic E-state index is 12.6. The Morgan fingerprint density at radius 2 is 1.89 bits per heavy atom. The summed E-state index contributed by atoms with van der Waals surface area (Å²) in [6, 6.07) is 16.5. The number of para-hydroxylation sites is 1. The fourth-order valence-electron chi connectivity index (χ4n) is 3.58. The number of primary amides is 1. The number of benzene rings is 2. The summed E-state index contributed by atoms with van der Waals surface area (Å²) in [4.78, 5) is 24.2. The van der Waals surface area contributed by atoms with E-state index in [1.807, 2.05) is 22.8 Å². The number of carbonyl (C=O) groups excluding carboxylic acids is 2. The molecule has 2 heterocycles. The summed E-state index contributed by atoms with van der Waals surface area (Å²) in [5.41, 5.74) is 9.39. The van der Waals surface area contributed by atoms with Crippen LogP contribution in [0.15, 0.2) is 70.4 Å². The zero-order valence-electron chi connectivity index (χ0n) is 19.4. The van der Waals surface area contributed by atoms with Crippen LogP contribution in [0.5, 0.6) is 0 Å². The average Bonchev–Trinajstić information content (AvgIpc) is 3.48. The van der Waals surface area contributed by atoms with E-state index in [0.717, 1.165) is 17.0 Å². The van der Waals surface area contributed by atoms with Crippen LogP contribution in [0, 0.1) is 13.8 Å². The van der Waals surface area contributed by atoms with Gasteiger partial charge < -0.3 is 20.8 Å². The first-order valence-electron chi connectivity index (χ1n) is 11.0. The summed E-state index contributed by atoms with van der Waals surface area (Å²) in [6.45, 7) is 5.00. The highest BCUT2D eigenvalue weighted by molar-refractivity contribution is 7.99. The molecule has 2 amide bonds. The van der Waals surface area contributed by atoms with Gasteiger partial charge in [-0.05, 0) is 49.7 Å². The lowest BCUT2D eigenvalue weighted by Gasteiger charge is -2.12. The van der Waals surface area contributed by atoms with E-state index in [0.29, 0.717) is 29.8 Å². The molecular formula is C25H26N6O3S. The van der Waals surface area contributed by atoms with Gasteiger partial charge in [-0.15, -0.1) is 10.2 Å². The Kier molecular flexibility index (Phi) is 7.51. The second-order valence-electron chi connectivity index (χ2n) is 7.98. The molecule has 0 aliphatic heterocycles. The normalized spacial score (nSPS) is 10.8. The lowest BCUT2D eigenvalue weighted by atomic mass is 10.1. The van der Waals surface area contributed by atoms with Crippen LogP contribution in [0.3, 0.4) is 0 Å². The molecule has 0 saturated heterocycles. The molecule has 0 saturated carbocycles. The van der Waals surface area contributed by atoms with Gasteiger partial charge in [0.25, 0.3) is 5.91 Å². The van der Waals surface area contributed by atoms with E-state index in [9.17, 15) is 9.59 Å².